The molecule has 1 aliphatic heterocycles. The van der Waals surface area contributed by atoms with Crippen LogP contribution in [0.3, 0.4) is 0 Å². The standard InChI is InChI=1S/C10H12Br2OS/c1-10(6-11)3-2-8(13-10)9-4-7(12)5-14-9/h4-5,8H,2-3,6H2,1H3. The Balaban J connectivity index is 2.09. The van der Waals surface area contributed by atoms with Gasteiger partial charge in [-0.15, -0.1) is 11.3 Å². The van der Waals surface area contributed by atoms with Crippen LogP contribution in [0.15, 0.2) is 15.9 Å². The highest BCUT2D eigenvalue weighted by molar-refractivity contribution is 9.10. The molecular formula is C10H12Br2OS. The normalized spacial score (nSPS) is 32.4. The SMILES string of the molecule is CC1(CBr)CCC(c2cc(Br)cs2)O1. The summed E-state index contributed by atoms with van der Waals surface area (Å²) >= 11 is 8.75. The molecule has 1 aromatic rings. The van der Waals surface area contributed by atoms with Crippen LogP contribution >= 0.6 is 43.2 Å². The highest BCUT2D eigenvalue weighted by atomic mass is 79.9. The van der Waals surface area contributed by atoms with Crippen LogP contribution in [-0.2, 0) is 4.74 Å². The van der Waals surface area contributed by atoms with E-state index in [-0.39, 0.29) is 5.60 Å². The molecule has 2 unspecified atom stereocenters. The Hall–Kier alpha value is 0.620. The largest absolute Gasteiger partial charge is 0.366 e. The van der Waals surface area contributed by atoms with E-state index in [0.29, 0.717) is 6.10 Å². The molecule has 0 amide bonds. The topological polar surface area (TPSA) is 9.23 Å². The number of halogens is 2. The van der Waals surface area contributed by atoms with E-state index in [4.69, 9.17) is 4.74 Å². The fourth-order valence-corrected chi connectivity index (χ4v) is 3.61. The number of hydrogen-bond acceptors (Lipinski definition) is 2. The van der Waals surface area contributed by atoms with Crippen molar-refractivity contribution in [1.82, 2.24) is 0 Å². The summed E-state index contributed by atoms with van der Waals surface area (Å²) in [5.41, 5.74) is 0.0289. The second-order valence-electron chi connectivity index (χ2n) is 3.90. The molecule has 1 nitrogen and oxygen atoms in total. The molecule has 1 saturated heterocycles. The molecule has 2 rings (SSSR count). The van der Waals surface area contributed by atoms with Gasteiger partial charge in [-0.05, 0) is 41.8 Å². The molecular weight excluding hydrogens is 328 g/mol. The molecule has 4 heteroatoms. The van der Waals surface area contributed by atoms with E-state index < -0.39 is 0 Å². The predicted octanol–water partition coefficient (Wildman–Crippen LogP) is 4.52. The average Bonchev–Trinajstić information content (AvgIpc) is 2.73. The van der Waals surface area contributed by atoms with Crippen molar-refractivity contribution >= 4 is 43.2 Å². The molecule has 1 fully saturated rings. The summed E-state index contributed by atoms with van der Waals surface area (Å²) in [6.45, 7) is 2.17. The summed E-state index contributed by atoms with van der Waals surface area (Å²) in [6, 6.07) is 2.16. The minimum absolute atomic E-state index is 0.0289. The summed E-state index contributed by atoms with van der Waals surface area (Å²) in [4.78, 5) is 1.33. The first-order chi connectivity index (χ1) is 6.63. The van der Waals surface area contributed by atoms with Gasteiger partial charge in [0, 0.05) is 20.1 Å². The molecule has 14 heavy (non-hydrogen) atoms. The molecule has 0 aromatic carbocycles. The Labute approximate surface area is 105 Å². The van der Waals surface area contributed by atoms with Crippen LogP contribution in [0.5, 0.6) is 0 Å². The van der Waals surface area contributed by atoms with Gasteiger partial charge in [0.25, 0.3) is 0 Å². The zero-order chi connectivity index (χ0) is 10.2. The van der Waals surface area contributed by atoms with Crippen LogP contribution in [0.1, 0.15) is 30.7 Å². The van der Waals surface area contributed by atoms with Gasteiger partial charge in [-0.3, -0.25) is 0 Å². The van der Waals surface area contributed by atoms with Crippen LogP contribution in [0.25, 0.3) is 0 Å². The van der Waals surface area contributed by atoms with Gasteiger partial charge >= 0.3 is 0 Å². The summed E-state index contributed by atoms with van der Waals surface area (Å²) < 4.78 is 7.20. The molecule has 1 aliphatic rings. The quantitative estimate of drug-likeness (QED) is 0.720. The van der Waals surface area contributed by atoms with E-state index in [1.807, 2.05) is 0 Å². The fourth-order valence-electron chi connectivity index (χ4n) is 1.69. The highest BCUT2D eigenvalue weighted by Gasteiger charge is 2.36. The molecule has 0 N–H and O–H groups in total. The lowest BCUT2D eigenvalue weighted by Gasteiger charge is -2.21. The number of hydrogen-bond donors (Lipinski definition) is 0. The summed E-state index contributed by atoms with van der Waals surface area (Å²) in [5.74, 6) is 0. The van der Waals surface area contributed by atoms with Crippen LogP contribution < -0.4 is 0 Å². The van der Waals surface area contributed by atoms with Gasteiger partial charge < -0.3 is 4.74 Å². The summed E-state index contributed by atoms with van der Waals surface area (Å²) in [6.07, 6.45) is 2.57. The highest BCUT2D eigenvalue weighted by Crippen LogP contribution is 2.42. The third-order valence-electron chi connectivity index (χ3n) is 2.55. The van der Waals surface area contributed by atoms with Gasteiger partial charge in [-0.2, -0.15) is 0 Å². The third kappa shape index (κ3) is 2.23. The van der Waals surface area contributed by atoms with Gasteiger partial charge in [0.1, 0.15) is 0 Å². The monoisotopic (exact) mass is 338 g/mol. The van der Waals surface area contributed by atoms with Crippen LogP contribution in [-0.4, -0.2) is 10.9 Å². The smallest absolute Gasteiger partial charge is 0.0926 e. The first kappa shape index (κ1) is 11.1. The molecule has 1 aromatic heterocycles. The molecule has 0 saturated carbocycles. The molecule has 78 valence electrons. The lowest BCUT2D eigenvalue weighted by atomic mass is 10.1. The van der Waals surface area contributed by atoms with Crippen molar-refractivity contribution in [3.8, 4) is 0 Å². The fraction of sp³-hybridized carbons (Fsp3) is 0.600. The molecule has 0 bridgehead atoms. The molecule has 2 atom stereocenters. The van der Waals surface area contributed by atoms with E-state index in [1.165, 1.54) is 4.88 Å². The lowest BCUT2D eigenvalue weighted by Crippen LogP contribution is -2.24. The lowest BCUT2D eigenvalue weighted by molar-refractivity contribution is -0.0105. The van der Waals surface area contributed by atoms with Crippen LogP contribution in [0, 0.1) is 0 Å². The van der Waals surface area contributed by atoms with E-state index >= 15 is 0 Å². The van der Waals surface area contributed by atoms with Gasteiger partial charge in [0.05, 0.1) is 11.7 Å². The first-order valence-corrected chi connectivity index (χ1v) is 7.40. The maximum absolute atomic E-state index is 6.04. The second-order valence-corrected chi connectivity index (χ2v) is 6.32. The maximum Gasteiger partial charge on any atom is 0.0926 e. The van der Waals surface area contributed by atoms with Gasteiger partial charge in [-0.25, -0.2) is 0 Å². The van der Waals surface area contributed by atoms with Gasteiger partial charge in [0.2, 0.25) is 0 Å². The second kappa shape index (κ2) is 4.24. The molecule has 0 aliphatic carbocycles. The van der Waals surface area contributed by atoms with E-state index in [2.05, 4.69) is 50.2 Å². The van der Waals surface area contributed by atoms with Crippen LogP contribution in [0.4, 0.5) is 0 Å². The van der Waals surface area contributed by atoms with Gasteiger partial charge in [0.15, 0.2) is 0 Å². The van der Waals surface area contributed by atoms with E-state index in [0.717, 1.165) is 22.6 Å². The number of thiophene rings is 1. The minimum atomic E-state index is 0.0289. The Morgan fingerprint density at radius 2 is 2.50 bits per heavy atom. The Morgan fingerprint density at radius 1 is 1.71 bits per heavy atom. The molecule has 2 heterocycles. The molecule has 0 radical (unpaired) electrons. The number of rotatable bonds is 2. The first-order valence-electron chi connectivity index (χ1n) is 4.61. The maximum atomic E-state index is 6.04. The third-order valence-corrected chi connectivity index (χ3v) is 5.52. The van der Waals surface area contributed by atoms with Crippen molar-refractivity contribution in [2.45, 2.75) is 31.5 Å². The van der Waals surface area contributed by atoms with Crippen molar-refractivity contribution in [3.63, 3.8) is 0 Å². The van der Waals surface area contributed by atoms with E-state index in [1.54, 1.807) is 11.3 Å². The average molecular weight is 340 g/mol. The van der Waals surface area contributed by atoms with Crippen LogP contribution in [0.2, 0.25) is 0 Å². The van der Waals surface area contributed by atoms with Crippen molar-refractivity contribution < 1.29 is 4.74 Å². The Bertz CT molecular complexity index is 326. The Kier molecular flexibility index (Phi) is 3.37. The minimum Gasteiger partial charge on any atom is -0.366 e. The molecule has 0 spiro atoms. The number of ether oxygens (including phenoxy) is 1. The summed E-state index contributed by atoms with van der Waals surface area (Å²) in [5, 5.41) is 3.03. The predicted molar refractivity (Wildman–Crippen MR) is 67.3 cm³/mol. The van der Waals surface area contributed by atoms with Crippen molar-refractivity contribution in [1.29, 1.82) is 0 Å². The zero-order valence-electron chi connectivity index (χ0n) is 7.93. The van der Waals surface area contributed by atoms with Crippen molar-refractivity contribution in [3.05, 3.63) is 20.8 Å². The summed E-state index contributed by atoms with van der Waals surface area (Å²) in [7, 11) is 0. The number of alkyl halides is 1. The van der Waals surface area contributed by atoms with E-state index in [9.17, 15) is 0 Å². The van der Waals surface area contributed by atoms with Crippen molar-refractivity contribution in [2.75, 3.05) is 5.33 Å². The van der Waals surface area contributed by atoms with Gasteiger partial charge in [-0.1, -0.05) is 15.9 Å². The van der Waals surface area contributed by atoms with Crippen molar-refractivity contribution in [2.24, 2.45) is 0 Å². The Morgan fingerprint density at radius 3 is 3.00 bits per heavy atom. The zero-order valence-corrected chi connectivity index (χ0v) is 11.9.